The topological polar surface area (TPSA) is 61.9 Å². The third kappa shape index (κ3) is 4.58. The molecule has 3 aromatic carbocycles. The van der Waals surface area contributed by atoms with Crippen LogP contribution in [0.5, 0.6) is 5.75 Å². The van der Waals surface area contributed by atoms with E-state index in [0.29, 0.717) is 12.2 Å². The molecule has 0 bridgehead atoms. The summed E-state index contributed by atoms with van der Waals surface area (Å²) in [5, 5.41) is 9.92. The molecule has 36 heavy (non-hydrogen) atoms. The lowest BCUT2D eigenvalue weighted by Crippen LogP contribution is -2.24. The van der Waals surface area contributed by atoms with Crippen LogP contribution in [-0.4, -0.2) is 26.7 Å². The van der Waals surface area contributed by atoms with Crippen molar-refractivity contribution in [2.45, 2.75) is 26.4 Å². The van der Waals surface area contributed by atoms with Gasteiger partial charge in [-0.1, -0.05) is 72.8 Å². The van der Waals surface area contributed by atoms with Crippen molar-refractivity contribution in [3.8, 4) is 39.5 Å². The normalized spacial score (nSPS) is 11.1. The van der Waals surface area contributed by atoms with Crippen molar-refractivity contribution in [3.05, 3.63) is 113 Å². The van der Waals surface area contributed by atoms with Crippen molar-refractivity contribution >= 4 is 0 Å². The van der Waals surface area contributed by atoms with E-state index < -0.39 is 0 Å². The molecule has 0 unspecified atom stereocenters. The first kappa shape index (κ1) is 23.3. The molecule has 0 fully saturated rings. The van der Waals surface area contributed by atoms with Gasteiger partial charge < -0.3 is 4.74 Å². The van der Waals surface area contributed by atoms with Gasteiger partial charge in [0.05, 0.1) is 36.6 Å². The van der Waals surface area contributed by atoms with Crippen LogP contribution in [0.25, 0.3) is 33.8 Å². The molecule has 6 nitrogen and oxygen atoms in total. The Balaban J connectivity index is 1.78. The fraction of sp³-hybridized carbons (Fsp3) is 0.167. The second-order valence-corrected chi connectivity index (χ2v) is 8.91. The van der Waals surface area contributed by atoms with E-state index in [2.05, 4.69) is 24.3 Å². The lowest BCUT2D eigenvalue weighted by molar-refractivity contribution is 0.414. The van der Waals surface area contributed by atoms with Gasteiger partial charge in [0.2, 0.25) is 0 Å². The van der Waals surface area contributed by atoms with Crippen LogP contribution in [0, 0.1) is 0 Å². The summed E-state index contributed by atoms with van der Waals surface area (Å²) in [6.07, 6.45) is 0. The first-order valence-corrected chi connectivity index (χ1v) is 12.0. The first-order chi connectivity index (χ1) is 17.5. The summed E-state index contributed by atoms with van der Waals surface area (Å²) in [5.74, 6) is 0.813. The molecular formula is C30H28N4O2. The van der Waals surface area contributed by atoms with Gasteiger partial charge in [-0.3, -0.25) is 9.48 Å². The average Bonchev–Trinajstić information content (AvgIpc) is 3.29. The largest absolute Gasteiger partial charge is 0.497 e. The van der Waals surface area contributed by atoms with Crippen molar-refractivity contribution in [2.24, 2.45) is 0 Å². The predicted octanol–water partition coefficient (Wildman–Crippen LogP) is 6.08. The highest BCUT2D eigenvalue weighted by molar-refractivity contribution is 5.90. The van der Waals surface area contributed by atoms with Gasteiger partial charge in [-0.25, -0.2) is 4.68 Å². The third-order valence-corrected chi connectivity index (χ3v) is 6.11. The lowest BCUT2D eigenvalue weighted by atomic mass is 9.99. The maximum atomic E-state index is 12.5. The standard InChI is InChI=1S/C30H28N4O2/c1-21(2)34-27(35)19-18-26(31-34)28-29(23-10-6-4-7-11-23)32-33(30(28)24-12-8-5-9-13-24)20-22-14-16-25(36-3)17-15-22/h4-19,21H,20H2,1-3H3. The molecule has 0 spiro atoms. The monoisotopic (exact) mass is 476 g/mol. The van der Waals surface area contributed by atoms with Crippen LogP contribution < -0.4 is 10.3 Å². The molecule has 0 N–H and O–H groups in total. The molecular weight excluding hydrogens is 448 g/mol. The molecule has 0 radical (unpaired) electrons. The van der Waals surface area contributed by atoms with Crippen LogP contribution in [0.15, 0.2) is 102 Å². The molecule has 0 amide bonds. The zero-order chi connectivity index (χ0) is 25.1. The number of rotatable bonds is 7. The highest BCUT2D eigenvalue weighted by Gasteiger charge is 2.24. The van der Waals surface area contributed by atoms with E-state index in [1.165, 1.54) is 4.68 Å². The number of aromatic nitrogens is 4. The van der Waals surface area contributed by atoms with Gasteiger partial charge >= 0.3 is 0 Å². The van der Waals surface area contributed by atoms with Crippen LogP contribution in [-0.2, 0) is 6.54 Å². The van der Waals surface area contributed by atoms with E-state index >= 15 is 0 Å². The van der Waals surface area contributed by atoms with Gasteiger partial charge in [0, 0.05) is 17.2 Å². The molecule has 0 aliphatic carbocycles. The predicted molar refractivity (Wildman–Crippen MR) is 143 cm³/mol. The number of hydrogen-bond acceptors (Lipinski definition) is 4. The van der Waals surface area contributed by atoms with E-state index in [4.69, 9.17) is 14.9 Å². The second kappa shape index (κ2) is 10.0. The number of nitrogens with zero attached hydrogens (tertiary/aromatic N) is 4. The average molecular weight is 477 g/mol. The Morgan fingerprint density at radius 2 is 1.42 bits per heavy atom. The molecule has 2 aromatic heterocycles. The van der Waals surface area contributed by atoms with Gasteiger partial charge in [-0.05, 0) is 37.6 Å². The molecule has 0 saturated carbocycles. The Kier molecular flexibility index (Phi) is 6.50. The lowest BCUT2D eigenvalue weighted by Gasteiger charge is -2.13. The highest BCUT2D eigenvalue weighted by atomic mass is 16.5. The summed E-state index contributed by atoms with van der Waals surface area (Å²) in [5.41, 5.74) is 6.37. The molecule has 180 valence electrons. The van der Waals surface area contributed by atoms with Gasteiger partial charge in [-0.15, -0.1) is 0 Å². The molecule has 0 saturated heterocycles. The number of benzene rings is 3. The van der Waals surface area contributed by atoms with Gasteiger partial charge in [0.15, 0.2) is 0 Å². The van der Waals surface area contributed by atoms with Crippen LogP contribution >= 0.6 is 0 Å². The number of methoxy groups -OCH3 is 1. The van der Waals surface area contributed by atoms with Gasteiger partial charge in [0.25, 0.3) is 5.56 Å². The third-order valence-electron chi connectivity index (χ3n) is 6.11. The number of hydrogen-bond donors (Lipinski definition) is 0. The molecule has 5 rings (SSSR count). The molecule has 0 aliphatic rings. The van der Waals surface area contributed by atoms with Crippen LogP contribution in [0.4, 0.5) is 0 Å². The minimum Gasteiger partial charge on any atom is -0.497 e. The molecule has 0 aliphatic heterocycles. The molecule has 5 aromatic rings. The summed E-state index contributed by atoms with van der Waals surface area (Å²) >= 11 is 0. The minimum atomic E-state index is -0.123. The van der Waals surface area contributed by atoms with E-state index in [1.807, 2.05) is 79.2 Å². The molecule has 0 atom stereocenters. The summed E-state index contributed by atoms with van der Waals surface area (Å²) in [4.78, 5) is 12.5. The van der Waals surface area contributed by atoms with Crippen molar-refractivity contribution in [1.29, 1.82) is 0 Å². The molecule has 6 heteroatoms. The maximum absolute atomic E-state index is 12.5. The highest BCUT2D eigenvalue weighted by Crippen LogP contribution is 2.39. The Labute approximate surface area is 210 Å². The summed E-state index contributed by atoms with van der Waals surface area (Å²) in [6.45, 7) is 4.49. The van der Waals surface area contributed by atoms with E-state index in [0.717, 1.165) is 39.4 Å². The summed E-state index contributed by atoms with van der Waals surface area (Å²) in [6, 6.07) is 31.7. The number of ether oxygens (including phenoxy) is 1. The fourth-order valence-electron chi connectivity index (χ4n) is 4.34. The zero-order valence-corrected chi connectivity index (χ0v) is 20.6. The van der Waals surface area contributed by atoms with Gasteiger partial charge in [-0.2, -0.15) is 10.2 Å². The van der Waals surface area contributed by atoms with Crippen molar-refractivity contribution in [1.82, 2.24) is 19.6 Å². The Bertz CT molecular complexity index is 1520. The van der Waals surface area contributed by atoms with Crippen LogP contribution in [0.3, 0.4) is 0 Å². The Morgan fingerprint density at radius 1 is 0.778 bits per heavy atom. The van der Waals surface area contributed by atoms with Gasteiger partial charge in [0.1, 0.15) is 11.4 Å². The van der Waals surface area contributed by atoms with Crippen molar-refractivity contribution in [2.75, 3.05) is 7.11 Å². The van der Waals surface area contributed by atoms with E-state index in [1.54, 1.807) is 19.2 Å². The Hall–Kier alpha value is -4.45. The van der Waals surface area contributed by atoms with E-state index in [9.17, 15) is 4.79 Å². The smallest absolute Gasteiger partial charge is 0.267 e. The fourth-order valence-corrected chi connectivity index (χ4v) is 4.34. The van der Waals surface area contributed by atoms with Crippen molar-refractivity contribution < 1.29 is 4.74 Å². The quantitative estimate of drug-likeness (QED) is 0.286. The minimum absolute atomic E-state index is 0.0628. The van der Waals surface area contributed by atoms with Crippen molar-refractivity contribution in [3.63, 3.8) is 0 Å². The van der Waals surface area contributed by atoms with E-state index in [-0.39, 0.29) is 11.6 Å². The second-order valence-electron chi connectivity index (χ2n) is 8.91. The summed E-state index contributed by atoms with van der Waals surface area (Å²) in [7, 11) is 1.66. The zero-order valence-electron chi connectivity index (χ0n) is 20.6. The molecule has 2 heterocycles. The SMILES string of the molecule is COc1ccc(Cn2nc(-c3ccccc3)c(-c3ccc(=O)n(C(C)C)n3)c2-c2ccccc2)cc1. The summed E-state index contributed by atoms with van der Waals surface area (Å²) < 4.78 is 8.89. The maximum Gasteiger partial charge on any atom is 0.267 e. The van der Waals surface area contributed by atoms with Crippen LogP contribution in [0.1, 0.15) is 25.5 Å². The van der Waals surface area contributed by atoms with Crippen LogP contribution in [0.2, 0.25) is 0 Å². The Morgan fingerprint density at radius 3 is 2.03 bits per heavy atom. The first-order valence-electron chi connectivity index (χ1n) is 12.0.